The number of nitrogens with zero attached hydrogens (tertiary/aromatic N) is 3. The fourth-order valence-electron chi connectivity index (χ4n) is 1.28. The van der Waals surface area contributed by atoms with Crippen LogP contribution in [0.25, 0.3) is 0 Å². The Morgan fingerprint density at radius 2 is 2.12 bits per heavy atom. The summed E-state index contributed by atoms with van der Waals surface area (Å²) in [6.45, 7) is 1.63. The number of rotatable bonds is 5. The van der Waals surface area contributed by atoms with Gasteiger partial charge in [-0.1, -0.05) is 18.5 Å². The van der Waals surface area contributed by atoms with Gasteiger partial charge in [0.15, 0.2) is 0 Å². The van der Waals surface area contributed by atoms with Crippen LogP contribution in [-0.2, 0) is 6.42 Å². The van der Waals surface area contributed by atoms with Gasteiger partial charge in [-0.2, -0.15) is 0 Å². The highest BCUT2D eigenvalue weighted by molar-refractivity contribution is 6.29. The molecule has 0 aliphatic carbocycles. The SMILES string of the molecule is CCCc1nc(Cl)cc(N(C)CC(F)F)n1. The Bertz CT molecular complexity index is 347. The van der Waals surface area contributed by atoms with Crippen LogP contribution in [0, 0.1) is 0 Å². The summed E-state index contributed by atoms with van der Waals surface area (Å²) in [6, 6.07) is 1.49. The van der Waals surface area contributed by atoms with Gasteiger partial charge in [0.25, 0.3) is 6.43 Å². The summed E-state index contributed by atoms with van der Waals surface area (Å²) < 4.78 is 24.4. The molecule has 0 aliphatic heterocycles. The zero-order chi connectivity index (χ0) is 12.1. The summed E-state index contributed by atoms with van der Waals surface area (Å²) in [5.74, 6) is 1.02. The lowest BCUT2D eigenvalue weighted by atomic mass is 10.3. The minimum Gasteiger partial charge on any atom is -0.354 e. The molecule has 0 bridgehead atoms. The molecule has 0 atom stereocenters. The van der Waals surface area contributed by atoms with Crippen molar-refractivity contribution in [2.75, 3.05) is 18.5 Å². The molecule has 1 aromatic rings. The third-order valence-corrected chi connectivity index (χ3v) is 2.20. The Morgan fingerprint density at radius 3 is 2.69 bits per heavy atom. The molecule has 0 aromatic carbocycles. The number of aromatic nitrogens is 2. The first-order valence-corrected chi connectivity index (χ1v) is 5.43. The Morgan fingerprint density at radius 1 is 1.44 bits per heavy atom. The van der Waals surface area contributed by atoms with Gasteiger partial charge in [0.05, 0.1) is 6.54 Å². The van der Waals surface area contributed by atoms with E-state index in [1.807, 2.05) is 6.92 Å². The molecule has 0 fully saturated rings. The van der Waals surface area contributed by atoms with Gasteiger partial charge >= 0.3 is 0 Å². The highest BCUT2D eigenvalue weighted by Gasteiger charge is 2.11. The van der Waals surface area contributed by atoms with E-state index in [1.165, 1.54) is 11.0 Å². The highest BCUT2D eigenvalue weighted by Crippen LogP contribution is 2.16. The summed E-state index contributed by atoms with van der Waals surface area (Å²) >= 11 is 5.80. The molecule has 0 unspecified atom stereocenters. The van der Waals surface area contributed by atoms with Crippen molar-refractivity contribution in [1.29, 1.82) is 0 Å². The maximum absolute atomic E-state index is 12.2. The molecule has 0 radical (unpaired) electrons. The van der Waals surface area contributed by atoms with Crippen molar-refractivity contribution in [2.24, 2.45) is 0 Å². The fraction of sp³-hybridized carbons (Fsp3) is 0.600. The molecule has 90 valence electrons. The van der Waals surface area contributed by atoms with Crippen LogP contribution in [-0.4, -0.2) is 30.0 Å². The molecule has 1 aromatic heterocycles. The molecule has 1 heterocycles. The molecule has 0 spiro atoms. The van der Waals surface area contributed by atoms with Gasteiger partial charge in [-0.15, -0.1) is 0 Å². The van der Waals surface area contributed by atoms with Crippen LogP contribution in [0.4, 0.5) is 14.6 Å². The van der Waals surface area contributed by atoms with E-state index < -0.39 is 6.43 Å². The quantitative estimate of drug-likeness (QED) is 0.752. The van der Waals surface area contributed by atoms with Crippen molar-refractivity contribution in [2.45, 2.75) is 26.2 Å². The zero-order valence-electron chi connectivity index (χ0n) is 9.25. The van der Waals surface area contributed by atoms with Crippen LogP contribution < -0.4 is 4.90 Å². The number of alkyl halides is 2. The van der Waals surface area contributed by atoms with Crippen LogP contribution in [0.5, 0.6) is 0 Å². The topological polar surface area (TPSA) is 29.0 Å². The van der Waals surface area contributed by atoms with E-state index in [9.17, 15) is 8.78 Å². The van der Waals surface area contributed by atoms with E-state index in [0.717, 1.165) is 6.42 Å². The first kappa shape index (κ1) is 13.1. The number of anilines is 1. The maximum Gasteiger partial charge on any atom is 0.255 e. The second-order valence-electron chi connectivity index (χ2n) is 3.49. The second kappa shape index (κ2) is 5.94. The van der Waals surface area contributed by atoms with Gasteiger partial charge < -0.3 is 4.90 Å². The predicted molar refractivity (Wildman–Crippen MR) is 60.3 cm³/mol. The lowest BCUT2D eigenvalue weighted by Crippen LogP contribution is -2.25. The van der Waals surface area contributed by atoms with Crippen molar-refractivity contribution >= 4 is 17.4 Å². The molecule has 0 amide bonds. The Hall–Kier alpha value is -0.970. The van der Waals surface area contributed by atoms with E-state index in [2.05, 4.69) is 9.97 Å². The molecular formula is C10H14ClF2N3. The van der Waals surface area contributed by atoms with E-state index in [0.29, 0.717) is 18.1 Å². The number of hydrogen-bond donors (Lipinski definition) is 0. The smallest absolute Gasteiger partial charge is 0.255 e. The van der Waals surface area contributed by atoms with Crippen molar-refractivity contribution in [3.8, 4) is 0 Å². The average molecular weight is 250 g/mol. The van der Waals surface area contributed by atoms with Gasteiger partial charge in [-0.25, -0.2) is 18.7 Å². The summed E-state index contributed by atoms with van der Waals surface area (Å²) in [4.78, 5) is 9.57. The number of hydrogen-bond acceptors (Lipinski definition) is 3. The largest absolute Gasteiger partial charge is 0.354 e. The molecule has 0 aliphatic rings. The van der Waals surface area contributed by atoms with Crippen LogP contribution >= 0.6 is 11.6 Å². The molecular weight excluding hydrogens is 236 g/mol. The molecule has 0 saturated heterocycles. The molecule has 6 heteroatoms. The minimum absolute atomic E-state index is 0.287. The summed E-state index contributed by atoms with van der Waals surface area (Å²) in [6.07, 6.45) is -0.817. The van der Waals surface area contributed by atoms with Gasteiger partial charge in [-0.05, 0) is 6.42 Å². The summed E-state index contributed by atoms with van der Waals surface area (Å²) in [5.41, 5.74) is 0. The van der Waals surface area contributed by atoms with E-state index in [-0.39, 0.29) is 11.7 Å². The van der Waals surface area contributed by atoms with Gasteiger partial charge in [-0.3, -0.25) is 0 Å². The average Bonchev–Trinajstić information content (AvgIpc) is 2.16. The molecule has 16 heavy (non-hydrogen) atoms. The van der Waals surface area contributed by atoms with Crippen LogP contribution in [0.1, 0.15) is 19.2 Å². The van der Waals surface area contributed by atoms with Crippen molar-refractivity contribution < 1.29 is 8.78 Å². The van der Waals surface area contributed by atoms with Gasteiger partial charge in [0, 0.05) is 19.5 Å². The molecule has 1 rings (SSSR count). The van der Waals surface area contributed by atoms with Gasteiger partial charge in [0.2, 0.25) is 0 Å². The Balaban J connectivity index is 2.86. The maximum atomic E-state index is 12.2. The van der Waals surface area contributed by atoms with E-state index in [1.54, 1.807) is 7.05 Å². The predicted octanol–water partition coefficient (Wildman–Crippen LogP) is 2.78. The highest BCUT2D eigenvalue weighted by atomic mass is 35.5. The zero-order valence-corrected chi connectivity index (χ0v) is 10.0. The van der Waals surface area contributed by atoms with Crippen LogP contribution in [0.15, 0.2) is 6.07 Å². The standard InChI is InChI=1S/C10H14ClF2N3/c1-3-4-9-14-7(11)5-10(15-9)16(2)6-8(12)13/h5,8H,3-4,6H2,1-2H3. The normalized spacial score (nSPS) is 10.9. The summed E-state index contributed by atoms with van der Waals surface area (Å²) in [7, 11) is 1.56. The lowest BCUT2D eigenvalue weighted by Gasteiger charge is -2.18. The monoisotopic (exact) mass is 249 g/mol. The van der Waals surface area contributed by atoms with Crippen molar-refractivity contribution in [3.05, 3.63) is 17.0 Å². The molecule has 0 N–H and O–H groups in total. The van der Waals surface area contributed by atoms with Crippen LogP contribution in [0.3, 0.4) is 0 Å². The van der Waals surface area contributed by atoms with Crippen LogP contribution in [0.2, 0.25) is 5.15 Å². The lowest BCUT2D eigenvalue weighted by molar-refractivity contribution is 0.156. The Kier molecular flexibility index (Phi) is 4.86. The molecule has 3 nitrogen and oxygen atoms in total. The fourth-order valence-corrected chi connectivity index (χ4v) is 1.48. The minimum atomic E-state index is -2.40. The summed E-state index contributed by atoms with van der Waals surface area (Å²) in [5, 5.41) is 0.287. The first-order chi connectivity index (χ1) is 7.52. The van der Waals surface area contributed by atoms with E-state index in [4.69, 9.17) is 11.6 Å². The van der Waals surface area contributed by atoms with Crippen molar-refractivity contribution in [3.63, 3.8) is 0 Å². The van der Waals surface area contributed by atoms with Crippen molar-refractivity contribution in [1.82, 2.24) is 9.97 Å². The number of halogens is 3. The number of aryl methyl sites for hydroxylation is 1. The first-order valence-electron chi connectivity index (χ1n) is 5.05. The molecule has 0 saturated carbocycles. The van der Waals surface area contributed by atoms with Gasteiger partial charge in [0.1, 0.15) is 16.8 Å². The third kappa shape index (κ3) is 3.89. The third-order valence-electron chi connectivity index (χ3n) is 2.00. The Labute approximate surface area is 98.5 Å². The second-order valence-corrected chi connectivity index (χ2v) is 3.87. The van der Waals surface area contributed by atoms with E-state index >= 15 is 0 Å².